The van der Waals surface area contributed by atoms with Gasteiger partial charge in [0, 0.05) is 59.7 Å². The molecule has 1 aliphatic rings. The van der Waals surface area contributed by atoms with Crippen LogP contribution >= 0.6 is 22.9 Å². The van der Waals surface area contributed by atoms with E-state index in [1.54, 1.807) is 11.3 Å². The smallest absolute Gasteiger partial charge is 0.228 e. The number of amides is 1. The normalized spacial score (nSPS) is 14.4. The zero-order chi connectivity index (χ0) is 20.5. The predicted octanol–water partition coefficient (Wildman–Crippen LogP) is 4.61. The standard InChI is InChI=1S/C23H21ClN4OS/c24-18-8-6-17(7-9-18)21-15-28-20(16-30-23(28)25-21)14-22(29)27-12-10-26(11-13-27)19-4-2-1-3-5-19/h1-9,15-16H,10-14H2. The van der Waals surface area contributed by atoms with E-state index in [1.807, 2.05) is 51.2 Å². The number of nitrogens with zero attached hydrogens (tertiary/aromatic N) is 4. The largest absolute Gasteiger partial charge is 0.368 e. The van der Waals surface area contributed by atoms with Gasteiger partial charge in [0.15, 0.2) is 4.96 Å². The lowest BCUT2D eigenvalue weighted by Crippen LogP contribution is -2.49. The van der Waals surface area contributed by atoms with Crippen molar-refractivity contribution in [1.82, 2.24) is 14.3 Å². The van der Waals surface area contributed by atoms with Crippen LogP contribution in [-0.2, 0) is 11.2 Å². The fourth-order valence-electron chi connectivity index (χ4n) is 3.84. The molecule has 2 aromatic heterocycles. The molecule has 0 unspecified atom stereocenters. The van der Waals surface area contributed by atoms with E-state index in [0.717, 1.165) is 48.1 Å². The van der Waals surface area contributed by atoms with Gasteiger partial charge in [-0.05, 0) is 24.3 Å². The summed E-state index contributed by atoms with van der Waals surface area (Å²) in [7, 11) is 0. The number of rotatable bonds is 4. The van der Waals surface area contributed by atoms with Crippen molar-refractivity contribution >= 4 is 39.5 Å². The van der Waals surface area contributed by atoms with Crippen molar-refractivity contribution in [3.63, 3.8) is 0 Å². The Hall–Kier alpha value is -2.83. The average Bonchev–Trinajstić information content (AvgIpc) is 3.37. The molecule has 1 saturated heterocycles. The molecule has 3 heterocycles. The number of halogens is 1. The fourth-order valence-corrected chi connectivity index (χ4v) is 4.83. The van der Waals surface area contributed by atoms with Gasteiger partial charge in [-0.2, -0.15) is 0 Å². The second kappa shape index (κ2) is 8.13. The summed E-state index contributed by atoms with van der Waals surface area (Å²) in [4.78, 5) is 22.8. The molecule has 30 heavy (non-hydrogen) atoms. The average molecular weight is 437 g/mol. The minimum Gasteiger partial charge on any atom is -0.368 e. The number of carbonyl (C=O) groups excluding carboxylic acids is 1. The first-order valence-electron chi connectivity index (χ1n) is 9.96. The van der Waals surface area contributed by atoms with Gasteiger partial charge in [-0.15, -0.1) is 11.3 Å². The first kappa shape index (κ1) is 19.2. The minimum atomic E-state index is 0.171. The highest BCUT2D eigenvalue weighted by Crippen LogP contribution is 2.25. The van der Waals surface area contributed by atoms with Gasteiger partial charge in [0.25, 0.3) is 0 Å². The molecule has 1 fully saturated rings. The maximum atomic E-state index is 12.9. The summed E-state index contributed by atoms with van der Waals surface area (Å²) < 4.78 is 2.03. The summed E-state index contributed by atoms with van der Waals surface area (Å²) in [5, 5.41) is 2.74. The lowest BCUT2D eigenvalue weighted by Gasteiger charge is -2.36. The van der Waals surface area contributed by atoms with Crippen LogP contribution in [0.1, 0.15) is 5.69 Å². The number of benzene rings is 2. The molecule has 0 aliphatic carbocycles. The number of carbonyl (C=O) groups is 1. The number of hydrogen-bond acceptors (Lipinski definition) is 4. The third-order valence-electron chi connectivity index (χ3n) is 5.51. The van der Waals surface area contributed by atoms with Crippen LogP contribution in [0, 0.1) is 0 Å². The minimum absolute atomic E-state index is 0.171. The van der Waals surface area contributed by atoms with E-state index in [2.05, 4.69) is 29.2 Å². The lowest BCUT2D eigenvalue weighted by atomic mass is 10.2. The van der Waals surface area contributed by atoms with Gasteiger partial charge in [-0.25, -0.2) is 4.98 Å². The Kier molecular flexibility index (Phi) is 5.19. The Morgan fingerprint density at radius 3 is 2.47 bits per heavy atom. The third kappa shape index (κ3) is 3.80. The van der Waals surface area contributed by atoms with E-state index in [4.69, 9.17) is 16.6 Å². The monoisotopic (exact) mass is 436 g/mol. The first-order valence-corrected chi connectivity index (χ1v) is 11.2. The molecule has 4 aromatic rings. The van der Waals surface area contributed by atoms with Gasteiger partial charge in [-0.3, -0.25) is 9.20 Å². The Morgan fingerprint density at radius 1 is 1.00 bits per heavy atom. The van der Waals surface area contributed by atoms with E-state index >= 15 is 0 Å². The molecular formula is C23H21ClN4OS. The molecule has 7 heteroatoms. The SMILES string of the molecule is O=C(Cc1csc2nc(-c3ccc(Cl)cc3)cn12)N1CCN(c2ccccc2)CC1. The summed E-state index contributed by atoms with van der Waals surface area (Å²) in [5.41, 5.74) is 4.11. The van der Waals surface area contributed by atoms with Crippen molar-refractivity contribution in [1.29, 1.82) is 0 Å². The molecular weight excluding hydrogens is 416 g/mol. The fraction of sp³-hybridized carbons (Fsp3) is 0.217. The number of fused-ring (bicyclic) bond motifs is 1. The molecule has 5 rings (SSSR count). The summed E-state index contributed by atoms with van der Waals surface area (Å²) in [5.74, 6) is 0.171. The zero-order valence-corrected chi connectivity index (χ0v) is 17.9. The predicted molar refractivity (Wildman–Crippen MR) is 122 cm³/mol. The van der Waals surface area contributed by atoms with Crippen LogP contribution in [0.25, 0.3) is 16.2 Å². The number of aromatic nitrogens is 2. The van der Waals surface area contributed by atoms with Crippen molar-refractivity contribution in [3.8, 4) is 11.3 Å². The molecule has 0 spiro atoms. The van der Waals surface area contributed by atoms with Crippen molar-refractivity contribution in [3.05, 3.63) is 76.9 Å². The van der Waals surface area contributed by atoms with Gasteiger partial charge in [-0.1, -0.05) is 41.9 Å². The Labute approximate surface area is 184 Å². The van der Waals surface area contributed by atoms with Crippen LogP contribution in [0.4, 0.5) is 5.69 Å². The second-order valence-corrected chi connectivity index (χ2v) is 8.67. The van der Waals surface area contributed by atoms with Gasteiger partial charge in [0.05, 0.1) is 12.1 Å². The number of thiazole rings is 1. The van der Waals surface area contributed by atoms with Crippen molar-refractivity contribution < 1.29 is 4.79 Å². The quantitative estimate of drug-likeness (QED) is 0.469. The Balaban J connectivity index is 1.27. The molecule has 5 nitrogen and oxygen atoms in total. The highest BCUT2D eigenvalue weighted by molar-refractivity contribution is 7.15. The molecule has 152 valence electrons. The summed E-state index contributed by atoms with van der Waals surface area (Å²) in [6.07, 6.45) is 2.40. The maximum absolute atomic E-state index is 12.9. The number of para-hydroxylation sites is 1. The van der Waals surface area contributed by atoms with Crippen molar-refractivity contribution in [2.24, 2.45) is 0 Å². The van der Waals surface area contributed by atoms with Crippen molar-refractivity contribution in [2.75, 3.05) is 31.1 Å². The summed E-state index contributed by atoms with van der Waals surface area (Å²) >= 11 is 7.55. The molecule has 0 bridgehead atoms. The molecule has 0 atom stereocenters. The van der Waals surface area contributed by atoms with Gasteiger partial charge < -0.3 is 9.80 Å². The van der Waals surface area contributed by atoms with Gasteiger partial charge >= 0.3 is 0 Å². The maximum Gasteiger partial charge on any atom is 0.228 e. The Bertz CT molecular complexity index is 1160. The molecule has 2 aromatic carbocycles. The van der Waals surface area contributed by atoms with E-state index in [1.165, 1.54) is 5.69 Å². The highest BCUT2D eigenvalue weighted by Gasteiger charge is 2.22. The van der Waals surface area contributed by atoms with E-state index in [-0.39, 0.29) is 5.91 Å². The number of piperazine rings is 1. The van der Waals surface area contributed by atoms with Crippen LogP contribution < -0.4 is 4.90 Å². The number of hydrogen-bond donors (Lipinski definition) is 0. The van der Waals surface area contributed by atoms with Crippen molar-refractivity contribution in [2.45, 2.75) is 6.42 Å². The van der Waals surface area contributed by atoms with Crippen LogP contribution in [-0.4, -0.2) is 46.4 Å². The van der Waals surface area contributed by atoms with Gasteiger partial charge in [0.2, 0.25) is 5.91 Å². The lowest BCUT2D eigenvalue weighted by molar-refractivity contribution is -0.130. The summed E-state index contributed by atoms with van der Waals surface area (Å²) in [6, 6.07) is 18.0. The van der Waals surface area contributed by atoms with Crippen LogP contribution in [0.3, 0.4) is 0 Å². The summed E-state index contributed by atoms with van der Waals surface area (Å²) in [6.45, 7) is 3.23. The zero-order valence-electron chi connectivity index (χ0n) is 16.4. The first-order chi connectivity index (χ1) is 14.7. The molecule has 0 N–H and O–H groups in total. The van der Waals surface area contributed by atoms with Crippen LogP contribution in [0.5, 0.6) is 0 Å². The van der Waals surface area contributed by atoms with Crippen LogP contribution in [0.2, 0.25) is 5.02 Å². The second-order valence-electron chi connectivity index (χ2n) is 7.39. The number of anilines is 1. The Morgan fingerprint density at radius 2 is 1.73 bits per heavy atom. The molecule has 0 saturated carbocycles. The molecule has 1 amide bonds. The van der Waals surface area contributed by atoms with E-state index in [9.17, 15) is 4.79 Å². The molecule has 0 radical (unpaired) electrons. The van der Waals surface area contributed by atoms with Crippen LogP contribution in [0.15, 0.2) is 66.2 Å². The van der Waals surface area contributed by atoms with E-state index < -0.39 is 0 Å². The molecule has 1 aliphatic heterocycles. The van der Waals surface area contributed by atoms with E-state index in [0.29, 0.717) is 11.4 Å². The third-order valence-corrected chi connectivity index (χ3v) is 6.65. The number of imidazole rings is 1. The van der Waals surface area contributed by atoms with Gasteiger partial charge in [0.1, 0.15) is 0 Å². The topological polar surface area (TPSA) is 40.9 Å². The highest BCUT2D eigenvalue weighted by atomic mass is 35.5.